The second kappa shape index (κ2) is 3.57. The van der Waals surface area contributed by atoms with Crippen molar-refractivity contribution in [2.45, 2.75) is 6.92 Å². The van der Waals surface area contributed by atoms with Gasteiger partial charge < -0.3 is 9.94 Å². The predicted octanol–water partition coefficient (Wildman–Crippen LogP) is 1.71. The maximum atomic E-state index is 11.2. The van der Waals surface area contributed by atoms with Crippen LogP contribution in [0.25, 0.3) is 6.08 Å². The van der Waals surface area contributed by atoms with E-state index in [1.807, 2.05) is 0 Å². The quantitative estimate of drug-likeness (QED) is 0.558. The number of nitrogens with zero attached hydrogens (tertiary/aromatic N) is 1. The summed E-state index contributed by atoms with van der Waals surface area (Å²) < 4.78 is 0. The maximum absolute atomic E-state index is 11.2. The number of oxime groups is 1. The molecule has 1 N–H and O–H groups in total. The molecule has 0 aromatic heterocycles. The number of carbonyl (C=O) groups excluding carboxylic acids is 1. The van der Waals surface area contributed by atoms with Crippen LogP contribution in [-0.4, -0.2) is 16.8 Å². The van der Waals surface area contributed by atoms with E-state index in [-0.39, 0.29) is 5.75 Å². The Kier molecular flexibility index (Phi) is 2.25. The van der Waals surface area contributed by atoms with Crippen LogP contribution in [0.2, 0.25) is 0 Å². The molecule has 0 bridgehead atoms. The zero-order valence-electron chi connectivity index (χ0n) is 8.10. The van der Waals surface area contributed by atoms with Crippen LogP contribution in [0.5, 0.6) is 5.75 Å². The van der Waals surface area contributed by atoms with Gasteiger partial charge in [0, 0.05) is 0 Å². The Bertz CT molecular complexity index is 474. The zero-order chi connectivity index (χ0) is 10.8. The van der Waals surface area contributed by atoms with Crippen LogP contribution in [0.15, 0.2) is 35.0 Å². The largest absolute Gasteiger partial charge is 0.508 e. The van der Waals surface area contributed by atoms with Crippen molar-refractivity contribution in [3.8, 4) is 5.75 Å². The Hall–Kier alpha value is -2.10. The molecule has 0 fully saturated rings. The van der Waals surface area contributed by atoms with Gasteiger partial charge >= 0.3 is 5.97 Å². The molecule has 0 aliphatic carbocycles. The van der Waals surface area contributed by atoms with Gasteiger partial charge in [0.1, 0.15) is 5.75 Å². The molecule has 0 spiro atoms. The van der Waals surface area contributed by atoms with Crippen LogP contribution in [0.3, 0.4) is 0 Å². The summed E-state index contributed by atoms with van der Waals surface area (Å²) >= 11 is 0. The minimum Gasteiger partial charge on any atom is -0.508 e. The molecule has 0 saturated carbocycles. The number of phenolic OH excluding ortho intramolecular Hbond substituents is 1. The van der Waals surface area contributed by atoms with Gasteiger partial charge in [-0.15, -0.1) is 0 Å². The first kappa shape index (κ1) is 9.45. The van der Waals surface area contributed by atoms with E-state index in [4.69, 9.17) is 0 Å². The average Bonchev–Trinajstić information content (AvgIpc) is 2.50. The van der Waals surface area contributed by atoms with Gasteiger partial charge in [0.25, 0.3) is 0 Å². The molecular weight excluding hydrogens is 194 g/mol. The van der Waals surface area contributed by atoms with Crippen LogP contribution < -0.4 is 0 Å². The maximum Gasteiger partial charge on any atom is 0.367 e. The SMILES string of the molecule is CC1=NOC(=O)/C1=C/c1cccc(O)c1. The third-order valence-electron chi connectivity index (χ3n) is 2.06. The average molecular weight is 203 g/mol. The van der Waals surface area contributed by atoms with E-state index in [2.05, 4.69) is 9.99 Å². The lowest BCUT2D eigenvalue weighted by Crippen LogP contribution is -2.01. The third kappa shape index (κ3) is 1.88. The Morgan fingerprint density at radius 1 is 1.47 bits per heavy atom. The molecule has 4 heteroatoms. The fourth-order valence-electron chi connectivity index (χ4n) is 1.30. The first-order valence-corrected chi connectivity index (χ1v) is 4.44. The molecule has 1 aromatic carbocycles. The summed E-state index contributed by atoms with van der Waals surface area (Å²) in [4.78, 5) is 15.7. The lowest BCUT2D eigenvalue weighted by Gasteiger charge is -1.96. The first-order valence-electron chi connectivity index (χ1n) is 4.44. The number of hydrogen-bond acceptors (Lipinski definition) is 4. The third-order valence-corrected chi connectivity index (χ3v) is 2.06. The minimum atomic E-state index is -0.462. The topological polar surface area (TPSA) is 58.9 Å². The highest BCUT2D eigenvalue weighted by atomic mass is 16.7. The summed E-state index contributed by atoms with van der Waals surface area (Å²) in [6.07, 6.45) is 1.63. The zero-order valence-corrected chi connectivity index (χ0v) is 8.10. The van der Waals surface area contributed by atoms with Gasteiger partial charge in [-0.2, -0.15) is 0 Å². The van der Waals surface area contributed by atoms with Gasteiger partial charge in [-0.05, 0) is 30.7 Å². The molecule has 1 aliphatic heterocycles. The normalized spacial score (nSPS) is 17.8. The molecule has 2 rings (SSSR count). The fraction of sp³-hybridized carbons (Fsp3) is 0.0909. The molecule has 76 valence electrons. The molecule has 1 aromatic rings. The molecule has 1 heterocycles. The molecule has 0 unspecified atom stereocenters. The van der Waals surface area contributed by atoms with Gasteiger partial charge in [-0.1, -0.05) is 17.3 Å². The van der Waals surface area contributed by atoms with Crippen molar-refractivity contribution in [2.75, 3.05) is 0 Å². The number of rotatable bonds is 1. The molecule has 15 heavy (non-hydrogen) atoms. The molecule has 4 nitrogen and oxygen atoms in total. The van der Waals surface area contributed by atoms with Crippen LogP contribution in [0.1, 0.15) is 12.5 Å². The predicted molar refractivity (Wildman–Crippen MR) is 55.3 cm³/mol. The monoisotopic (exact) mass is 203 g/mol. The first-order chi connectivity index (χ1) is 7.16. The molecular formula is C11H9NO3. The van der Waals surface area contributed by atoms with Crippen molar-refractivity contribution in [3.05, 3.63) is 35.4 Å². The lowest BCUT2D eigenvalue weighted by molar-refractivity contribution is -0.136. The van der Waals surface area contributed by atoms with Crippen molar-refractivity contribution in [2.24, 2.45) is 5.16 Å². The lowest BCUT2D eigenvalue weighted by atomic mass is 10.1. The van der Waals surface area contributed by atoms with Gasteiger partial charge in [0.15, 0.2) is 0 Å². The summed E-state index contributed by atoms with van der Waals surface area (Å²) in [5.41, 5.74) is 1.70. The van der Waals surface area contributed by atoms with Crippen molar-refractivity contribution in [3.63, 3.8) is 0 Å². The molecule has 0 atom stereocenters. The fourth-order valence-corrected chi connectivity index (χ4v) is 1.30. The number of phenols is 1. The second-order valence-electron chi connectivity index (χ2n) is 3.21. The van der Waals surface area contributed by atoms with Crippen LogP contribution in [0, 0.1) is 0 Å². The van der Waals surface area contributed by atoms with Crippen LogP contribution in [-0.2, 0) is 9.63 Å². The van der Waals surface area contributed by atoms with Crippen molar-refractivity contribution in [1.29, 1.82) is 0 Å². The molecule has 0 amide bonds. The van der Waals surface area contributed by atoms with E-state index in [1.165, 1.54) is 0 Å². The highest BCUT2D eigenvalue weighted by Crippen LogP contribution is 2.18. The highest BCUT2D eigenvalue weighted by molar-refractivity contribution is 6.24. The van der Waals surface area contributed by atoms with Crippen LogP contribution >= 0.6 is 0 Å². The van der Waals surface area contributed by atoms with E-state index in [0.717, 1.165) is 5.56 Å². The Labute approximate surface area is 86.5 Å². The summed E-state index contributed by atoms with van der Waals surface area (Å²) in [6.45, 7) is 1.69. The van der Waals surface area contributed by atoms with Gasteiger partial charge in [0.05, 0.1) is 11.3 Å². The van der Waals surface area contributed by atoms with Crippen molar-refractivity contribution < 1.29 is 14.7 Å². The second-order valence-corrected chi connectivity index (χ2v) is 3.21. The van der Waals surface area contributed by atoms with E-state index >= 15 is 0 Å². The van der Waals surface area contributed by atoms with E-state index in [0.29, 0.717) is 11.3 Å². The van der Waals surface area contributed by atoms with Gasteiger partial charge in [0.2, 0.25) is 0 Å². The summed E-state index contributed by atoms with van der Waals surface area (Å²) in [5.74, 6) is -0.304. The Balaban J connectivity index is 2.38. The Morgan fingerprint density at radius 2 is 2.27 bits per heavy atom. The Morgan fingerprint density at radius 3 is 2.87 bits per heavy atom. The molecule has 0 saturated heterocycles. The highest BCUT2D eigenvalue weighted by Gasteiger charge is 2.21. The summed E-state index contributed by atoms with van der Waals surface area (Å²) in [7, 11) is 0. The number of aromatic hydroxyl groups is 1. The summed E-state index contributed by atoms with van der Waals surface area (Å²) in [6, 6.07) is 6.61. The van der Waals surface area contributed by atoms with E-state index in [9.17, 15) is 9.90 Å². The molecule has 0 radical (unpaired) electrons. The van der Waals surface area contributed by atoms with E-state index in [1.54, 1.807) is 37.3 Å². The summed E-state index contributed by atoms with van der Waals surface area (Å²) in [5, 5.41) is 12.8. The van der Waals surface area contributed by atoms with Crippen molar-refractivity contribution in [1.82, 2.24) is 0 Å². The van der Waals surface area contributed by atoms with Crippen LogP contribution in [0.4, 0.5) is 0 Å². The smallest absolute Gasteiger partial charge is 0.367 e. The van der Waals surface area contributed by atoms with E-state index < -0.39 is 5.97 Å². The number of hydrogen-bond donors (Lipinski definition) is 1. The van der Waals surface area contributed by atoms with Gasteiger partial charge in [-0.3, -0.25) is 0 Å². The minimum absolute atomic E-state index is 0.158. The van der Waals surface area contributed by atoms with Crippen molar-refractivity contribution >= 4 is 17.8 Å². The molecule has 1 aliphatic rings. The number of benzene rings is 1. The number of carbonyl (C=O) groups is 1. The standard InChI is InChI=1S/C11H9NO3/c1-7-10(11(14)15-12-7)6-8-3-2-4-9(13)5-8/h2-6,13H,1H3/b10-6+. The van der Waals surface area contributed by atoms with Gasteiger partial charge in [-0.25, -0.2) is 4.79 Å².